The molecule has 0 bridgehead atoms. The van der Waals surface area contributed by atoms with Crippen LogP contribution in [0.25, 0.3) is 11.0 Å². The molecule has 1 aliphatic rings. The van der Waals surface area contributed by atoms with Crippen LogP contribution in [0.1, 0.15) is 44.4 Å². The van der Waals surface area contributed by atoms with Crippen molar-refractivity contribution in [1.29, 1.82) is 0 Å². The quantitative estimate of drug-likeness (QED) is 0.429. The number of hydrogen-bond donors (Lipinski definition) is 0. The number of halogens is 1. The molecule has 0 fully saturated rings. The highest BCUT2D eigenvalue weighted by Crippen LogP contribution is 2.40. The Labute approximate surface area is 190 Å². The molecule has 5 nitrogen and oxygen atoms in total. The van der Waals surface area contributed by atoms with E-state index in [-0.39, 0.29) is 29.5 Å². The van der Waals surface area contributed by atoms with Gasteiger partial charge in [0.15, 0.2) is 5.43 Å². The topological polar surface area (TPSA) is 59.8 Å². The highest BCUT2D eigenvalue weighted by Gasteiger charge is 2.42. The van der Waals surface area contributed by atoms with E-state index in [4.69, 9.17) is 9.15 Å². The number of carbonyl (C=O) groups is 1. The lowest BCUT2D eigenvalue weighted by atomic mass is 9.96. The number of methoxy groups -OCH3 is 1. The van der Waals surface area contributed by atoms with E-state index < -0.39 is 6.04 Å². The Bertz CT molecular complexity index is 1440. The van der Waals surface area contributed by atoms with Crippen molar-refractivity contribution in [1.82, 2.24) is 4.90 Å². The van der Waals surface area contributed by atoms with E-state index in [2.05, 4.69) is 0 Å². The van der Waals surface area contributed by atoms with Gasteiger partial charge in [0, 0.05) is 6.54 Å². The highest BCUT2D eigenvalue weighted by molar-refractivity contribution is 5.99. The first-order valence-electron chi connectivity index (χ1n) is 10.6. The molecule has 5 rings (SSSR count). The zero-order chi connectivity index (χ0) is 23.3. The molecule has 166 valence electrons. The predicted octanol–water partition coefficient (Wildman–Crippen LogP) is 5.30. The fraction of sp³-hybridized carbons (Fsp3) is 0.185. The summed E-state index contributed by atoms with van der Waals surface area (Å²) < 4.78 is 24.8. The van der Waals surface area contributed by atoms with Gasteiger partial charge in [0.1, 0.15) is 17.1 Å². The minimum absolute atomic E-state index is 0.0560. The summed E-state index contributed by atoms with van der Waals surface area (Å²) in [6, 6.07) is 16.3. The van der Waals surface area contributed by atoms with Crippen molar-refractivity contribution in [2.75, 3.05) is 7.11 Å². The lowest BCUT2D eigenvalue weighted by Crippen LogP contribution is -2.29. The Morgan fingerprint density at radius 3 is 2.36 bits per heavy atom. The van der Waals surface area contributed by atoms with E-state index >= 15 is 0 Å². The number of aryl methyl sites for hydroxylation is 2. The molecule has 33 heavy (non-hydrogen) atoms. The fourth-order valence-electron chi connectivity index (χ4n) is 4.60. The van der Waals surface area contributed by atoms with Crippen molar-refractivity contribution >= 4 is 16.9 Å². The number of benzene rings is 3. The molecule has 4 aromatic rings. The number of nitrogens with zero attached hydrogens (tertiary/aromatic N) is 1. The molecule has 2 heterocycles. The van der Waals surface area contributed by atoms with Gasteiger partial charge in [0.05, 0.1) is 24.1 Å². The molecule has 0 saturated heterocycles. The van der Waals surface area contributed by atoms with Gasteiger partial charge in [-0.3, -0.25) is 9.59 Å². The first kappa shape index (κ1) is 20.9. The molecule has 0 N–H and O–H groups in total. The summed E-state index contributed by atoms with van der Waals surface area (Å²) >= 11 is 0. The van der Waals surface area contributed by atoms with Crippen molar-refractivity contribution in [3.8, 4) is 5.75 Å². The fourth-order valence-corrected chi connectivity index (χ4v) is 4.60. The molecular weight excluding hydrogens is 421 g/mol. The molecule has 0 spiro atoms. The minimum Gasteiger partial charge on any atom is -0.497 e. The van der Waals surface area contributed by atoms with Crippen LogP contribution in [0.15, 0.2) is 69.9 Å². The lowest BCUT2D eigenvalue weighted by Gasteiger charge is -2.25. The summed E-state index contributed by atoms with van der Waals surface area (Å²) in [5.41, 5.74) is 3.79. The third-order valence-electron chi connectivity index (χ3n) is 6.11. The van der Waals surface area contributed by atoms with E-state index in [0.29, 0.717) is 22.3 Å². The van der Waals surface area contributed by atoms with Crippen molar-refractivity contribution in [3.05, 3.63) is 110 Å². The zero-order valence-electron chi connectivity index (χ0n) is 18.5. The van der Waals surface area contributed by atoms with Gasteiger partial charge in [-0.2, -0.15) is 0 Å². The summed E-state index contributed by atoms with van der Waals surface area (Å²) in [7, 11) is 1.58. The summed E-state index contributed by atoms with van der Waals surface area (Å²) in [5.74, 6) is 0.00871. The molecule has 0 aliphatic carbocycles. The smallest absolute Gasteiger partial charge is 0.291 e. The number of carbonyl (C=O) groups excluding carboxylic acids is 1. The second-order valence-electron chi connectivity index (χ2n) is 8.36. The Hall–Kier alpha value is -3.93. The van der Waals surface area contributed by atoms with Crippen LogP contribution >= 0.6 is 0 Å². The van der Waals surface area contributed by atoms with Crippen LogP contribution in [0.5, 0.6) is 5.75 Å². The van der Waals surface area contributed by atoms with E-state index in [1.54, 1.807) is 42.3 Å². The third-order valence-corrected chi connectivity index (χ3v) is 6.11. The summed E-state index contributed by atoms with van der Waals surface area (Å²) in [6.07, 6.45) is 0. The van der Waals surface area contributed by atoms with E-state index in [1.807, 2.05) is 32.0 Å². The number of amides is 1. The molecular formula is C27H22FNO4. The van der Waals surface area contributed by atoms with Crippen LogP contribution in [-0.4, -0.2) is 17.9 Å². The maximum atomic E-state index is 13.7. The van der Waals surface area contributed by atoms with Crippen LogP contribution in [0.4, 0.5) is 4.39 Å². The van der Waals surface area contributed by atoms with Gasteiger partial charge in [0.25, 0.3) is 5.91 Å². The minimum atomic E-state index is -0.634. The maximum absolute atomic E-state index is 13.7. The van der Waals surface area contributed by atoms with Gasteiger partial charge in [-0.05, 0) is 66.4 Å². The molecule has 1 unspecified atom stereocenters. The van der Waals surface area contributed by atoms with Crippen molar-refractivity contribution in [3.63, 3.8) is 0 Å². The molecule has 6 heteroatoms. The summed E-state index contributed by atoms with van der Waals surface area (Å²) in [5, 5.41) is 0.481. The van der Waals surface area contributed by atoms with Crippen LogP contribution in [0.3, 0.4) is 0 Å². The SMILES string of the molecule is COc1ccc(C2c3c(oc4cc(C)cc(C)c4c3=O)C(=O)N2Cc2ccc(F)cc2)cc1. The van der Waals surface area contributed by atoms with Crippen molar-refractivity contribution < 1.29 is 18.3 Å². The van der Waals surface area contributed by atoms with Crippen LogP contribution in [0.2, 0.25) is 0 Å². The maximum Gasteiger partial charge on any atom is 0.291 e. The molecule has 1 amide bonds. The van der Waals surface area contributed by atoms with Gasteiger partial charge >= 0.3 is 0 Å². The van der Waals surface area contributed by atoms with Gasteiger partial charge < -0.3 is 14.1 Å². The van der Waals surface area contributed by atoms with Crippen LogP contribution < -0.4 is 10.2 Å². The van der Waals surface area contributed by atoms with Crippen LogP contribution in [-0.2, 0) is 6.54 Å². The standard InChI is InChI=1S/C27H22FNO4/c1-15-12-16(2)22-21(13-15)33-26-23(25(22)30)24(18-6-10-20(32-3)11-7-18)29(27(26)31)14-17-4-8-19(28)9-5-17/h4-13,24H,14H2,1-3H3. The molecule has 1 aliphatic heterocycles. The van der Waals surface area contributed by atoms with E-state index in [0.717, 1.165) is 22.3 Å². The third kappa shape index (κ3) is 3.48. The van der Waals surface area contributed by atoms with Crippen molar-refractivity contribution in [2.45, 2.75) is 26.4 Å². The van der Waals surface area contributed by atoms with Gasteiger partial charge in [-0.25, -0.2) is 4.39 Å². The van der Waals surface area contributed by atoms with E-state index in [9.17, 15) is 14.0 Å². The Kier molecular flexibility index (Phi) is 5.01. The number of ether oxygens (including phenoxy) is 1. The van der Waals surface area contributed by atoms with Gasteiger partial charge in [0.2, 0.25) is 5.76 Å². The van der Waals surface area contributed by atoms with Gasteiger partial charge in [-0.15, -0.1) is 0 Å². The first-order chi connectivity index (χ1) is 15.9. The number of hydrogen-bond acceptors (Lipinski definition) is 4. The Balaban J connectivity index is 1.73. The first-order valence-corrected chi connectivity index (χ1v) is 10.6. The van der Waals surface area contributed by atoms with Gasteiger partial charge in [-0.1, -0.05) is 30.3 Å². The second kappa shape index (κ2) is 7.89. The summed E-state index contributed by atoms with van der Waals surface area (Å²) in [4.78, 5) is 28.9. The number of rotatable bonds is 4. The van der Waals surface area contributed by atoms with Crippen LogP contribution in [0, 0.1) is 19.7 Å². The largest absolute Gasteiger partial charge is 0.497 e. The highest BCUT2D eigenvalue weighted by atomic mass is 19.1. The Morgan fingerprint density at radius 2 is 1.70 bits per heavy atom. The molecule has 1 atom stereocenters. The Morgan fingerprint density at radius 1 is 1.00 bits per heavy atom. The normalized spacial score (nSPS) is 15.2. The van der Waals surface area contributed by atoms with E-state index in [1.165, 1.54) is 12.1 Å². The molecule has 3 aromatic carbocycles. The number of fused-ring (bicyclic) bond motifs is 2. The summed E-state index contributed by atoms with van der Waals surface area (Å²) in [6.45, 7) is 3.99. The molecule has 0 radical (unpaired) electrons. The average molecular weight is 443 g/mol. The molecule has 1 aromatic heterocycles. The zero-order valence-corrected chi connectivity index (χ0v) is 18.5. The average Bonchev–Trinajstić information content (AvgIpc) is 3.07. The second-order valence-corrected chi connectivity index (χ2v) is 8.36. The predicted molar refractivity (Wildman–Crippen MR) is 123 cm³/mol. The molecule has 0 saturated carbocycles. The van der Waals surface area contributed by atoms with Crippen molar-refractivity contribution in [2.24, 2.45) is 0 Å². The lowest BCUT2D eigenvalue weighted by molar-refractivity contribution is 0.0714. The monoisotopic (exact) mass is 443 g/mol.